The Bertz CT molecular complexity index is 262. The number of carbonyl (C=O) groups is 1. The van der Waals surface area contributed by atoms with Crippen molar-refractivity contribution in [1.29, 1.82) is 0 Å². The van der Waals surface area contributed by atoms with E-state index in [0.29, 0.717) is 32.5 Å². The van der Waals surface area contributed by atoms with Gasteiger partial charge in [-0.25, -0.2) is 0 Å². The predicted molar refractivity (Wildman–Crippen MR) is 54.0 cm³/mol. The predicted octanol–water partition coefficient (Wildman–Crippen LogP) is 0.618. The first-order chi connectivity index (χ1) is 7.31. The molecule has 2 aliphatic heterocycles. The second kappa shape index (κ2) is 4.61. The Labute approximate surface area is 88.7 Å². The fourth-order valence-electron chi connectivity index (χ4n) is 2.06. The lowest BCUT2D eigenvalue weighted by atomic mass is 10.1. The number of hydrogen-bond donors (Lipinski definition) is 1. The van der Waals surface area contributed by atoms with Gasteiger partial charge in [0, 0.05) is 32.5 Å². The first kappa shape index (κ1) is 10.4. The number of carbonyl (C=O) groups excluding carboxylic acids is 1. The fourth-order valence-corrected chi connectivity index (χ4v) is 2.06. The molecule has 0 radical (unpaired) electrons. The Hall–Kier alpha value is -1.10. The minimum Gasteiger partial charge on any atom is -0.411 e. The van der Waals surface area contributed by atoms with Gasteiger partial charge in [-0.05, 0) is 12.8 Å². The van der Waals surface area contributed by atoms with E-state index in [1.807, 2.05) is 4.90 Å². The number of piperidine rings is 1. The van der Waals surface area contributed by atoms with Crippen LogP contribution in [0.25, 0.3) is 0 Å². The smallest absolute Gasteiger partial charge is 0.251 e. The standard InChI is InChI=1S/C10H16N2O3/c13-10(9-2-1-7-15-9)12-5-3-8(11-14)4-6-12/h9,14H,1-7H2/t9-/m1/s1. The first-order valence-electron chi connectivity index (χ1n) is 5.41. The maximum Gasteiger partial charge on any atom is 0.251 e. The van der Waals surface area contributed by atoms with E-state index in [0.717, 1.165) is 18.6 Å². The molecule has 0 bridgehead atoms. The molecule has 2 heterocycles. The van der Waals surface area contributed by atoms with Crippen LogP contribution in [0.3, 0.4) is 0 Å². The van der Waals surface area contributed by atoms with Crippen molar-refractivity contribution in [2.75, 3.05) is 19.7 Å². The monoisotopic (exact) mass is 212 g/mol. The number of ether oxygens (including phenoxy) is 1. The molecule has 1 amide bonds. The van der Waals surface area contributed by atoms with Crippen LogP contribution in [0, 0.1) is 0 Å². The van der Waals surface area contributed by atoms with E-state index < -0.39 is 0 Å². The van der Waals surface area contributed by atoms with Crippen LogP contribution in [0.4, 0.5) is 0 Å². The van der Waals surface area contributed by atoms with Crippen molar-refractivity contribution in [2.45, 2.75) is 31.8 Å². The summed E-state index contributed by atoms with van der Waals surface area (Å²) in [5.41, 5.74) is 0.784. The Morgan fingerprint density at radius 1 is 1.47 bits per heavy atom. The quantitative estimate of drug-likeness (QED) is 0.512. The largest absolute Gasteiger partial charge is 0.411 e. The molecule has 0 aromatic rings. The SMILES string of the molecule is O=C([C@H]1CCCO1)N1CCC(=NO)CC1. The molecule has 2 rings (SSSR count). The molecular formula is C10H16N2O3. The van der Waals surface area contributed by atoms with Crippen molar-refractivity contribution >= 4 is 11.6 Å². The minimum absolute atomic E-state index is 0.101. The molecule has 0 unspecified atom stereocenters. The lowest BCUT2D eigenvalue weighted by Crippen LogP contribution is -2.43. The number of amides is 1. The highest BCUT2D eigenvalue weighted by Gasteiger charge is 2.29. The molecule has 1 atom stereocenters. The van der Waals surface area contributed by atoms with Crippen molar-refractivity contribution in [3.63, 3.8) is 0 Å². The summed E-state index contributed by atoms with van der Waals surface area (Å²) >= 11 is 0. The Morgan fingerprint density at radius 2 is 2.20 bits per heavy atom. The van der Waals surface area contributed by atoms with E-state index in [-0.39, 0.29) is 12.0 Å². The van der Waals surface area contributed by atoms with Gasteiger partial charge in [-0.15, -0.1) is 0 Å². The topological polar surface area (TPSA) is 62.1 Å². The second-order valence-corrected chi connectivity index (χ2v) is 3.99. The Kier molecular flexibility index (Phi) is 3.20. The van der Waals surface area contributed by atoms with E-state index >= 15 is 0 Å². The summed E-state index contributed by atoms with van der Waals surface area (Å²) < 4.78 is 5.35. The molecule has 2 fully saturated rings. The lowest BCUT2D eigenvalue weighted by Gasteiger charge is -2.29. The zero-order valence-electron chi connectivity index (χ0n) is 8.69. The number of likely N-dealkylation sites (tertiary alicyclic amines) is 1. The molecule has 2 saturated heterocycles. The van der Waals surface area contributed by atoms with Gasteiger partial charge >= 0.3 is 0 Å². The fraction of sp³-hybridized carbons (Fsp3) is 0.800. The molecule has 0 aliphatic carbocycles. The van der Waals surface area contributed by atoms with Gasteiger partial charge in [-0.2, -0.15) is 0 Å². The van der Waals surface area contributed by atoms with Crippen molar-refractivity contribution in [2.24, 2.45) is 5.16 Å². The van der Waals surface area contributed by atoms with Crippen LogP contribution in [0.1, 0.15) is 25.7 Å². The Balaban J connectivity index is 1.87. The van der Waals surface area contributed by atoms with Crippen LogP contribution in [-0.4, -0.2) is 47.5 Å². The van der Waals surface area contributed by atoms with Crippen LogP contribution in [-0.2, 0) is 9.53 Å². The average Bonchev–Trinajstić information content (AvgIpc) is 2.82. The van der Waals surface area contributed by atoms with Gasteiger partial charge in [0.05, 0.1) is 5.71 Å². The van der Waals surface area contributed by atoms with E-state index in [1.54, 1.807) is 0 Å². The molecule has 0 spiro atoms. The van der Waals surface area contributed by atoms with Gasteiger partial charge in [0.15, 0.2) is 0 Å². The Morgan fingerprint density at radius 3 is 2.73 bits per heavy atom. The summed E-state index contributed by atoms with van der Waals surface area (Å²) in [6.45, 7) is 2.00. The van der Waals surface area contributed by atoms with Crippen LogP contribution in [0.15, 0.2) is 5.16 Å². The number of oxime groups is 1. The molecule has 2 aliphatic rings. The number of hydrogen-bond acceptors (Lipinski definition) is 4. The third-order valence-electron chi connectivity index (χ3n) is 3.00. The first-order valence-corrected chi connectivity index (χ1v) is 5.41. The third kappa shape index (κ3) is 2.28. The lowest BCUT2D eigenvalue weighted by molar-refractivity contribution is -0.141. The van der Waals surface area contributed by atoms with E-state index in [1.165, 1.54) is 0 Å². The van der Waals surface area contributed by atoms with E-state index in [9.17, 15) is 4.79 Å². The van der Waals surface area contributed by atoms with Gasteiger partial charge in [0.25, 0.3) is 5.91 Å². The maximum atomic E-state index is 11.9. The zero-order valence-corrected chi connectivity index (χ0v) is 8.69. The van der Waals surface area contributed by atoms with Gasteiger partial charge in [-0.3, -0.25) is 4.79 Å². The summed E-state index contributed by atoms with van der Waals surface area (Å²) in [4.78, 5) is 13.7. The van der Waals surface area contributed by atoms with Crippen molar-refractivity contribution in [1.82, 2.24) is 4.90 Å². The highest BCUT2D eigenvalue weighted by atomic mass is 16.5. The molecule has 15 heavy (non-hydrogen) atoms. The van der Waals surface area contributed by atoms with Gasteiger partial charge in [0.2, 0.25) is 0 Å². The molecule has 0 aromatic heterocycles. The third-order valence-corrected chi connectivity index (χ3v) is 3.00. The van der Waals surface area contributed by atoms with E-state index in [2.05, 4.69) is 5.16 Å². The molecule has 84 valence electrons. The molecular weight excluding hydrogens is 196 g/mol. The van der Waals surface area contributed by atoms with Crippen LogP contribution < -0.4 is 0 Å². The summed E-state index contributed by atoms with van der Waals surface area (Å²) in [5, 5.41) is 11.8. The zero-order chi connectivity index (χ0) is 10.7. The van der Waals surface area contributed by atoms with Gasteiger partial charge in [0.1, 0.15) is 6.10 Å². The summed E-state index contributed by atoms with van der Waals surface area (Å²) in [7, 11) is 0. The van der Waals surface area contributed by atoms with Crippen molar-refractivity contribution < 1.29 is 14.7 Å². The average molecular weight is 212 g/mol. The van der Waals surface area contributed by atoms with Gasteiger partial charge < -0.3 is 14.8 Å². The highest BCUT2D eigenvalue weighted by Crippen LogP contribution is 2.17. The molecule has 0 aromatic carbocycles. The number of rotatable bonds is 1. The van der Waals surface area contributed by atoms with Crippen molar-refractivity contribution in [3.8, 4) is 0 Å². The minimum atomic E-state index is -0.224. The summed E-state index contributed by atoms with van der Waals surface area (Å²) in [5.74, 6) is 0.101. The van der Waals surface area contributed by atoms with Crippen LogP contribution in [0.5, 0.6) is 0 Å². The highest BCUT2D eigenvalue weighted by molar-refractivity contribution is 5.88. The molecule has 1 N–H and O–H groups in total. The number of nitrogens with zero attached hydrogens (tertiary/aromatic N) is 2. The van der Waals surface area contributed by atoms with Gasteiger partial charge in [-0.1, -0.05) is 5.16 Å². The summed E-state index contributed by atoms with van der Waals surface area (Å²) in [6.07, 6.45) is 2.95. The van der Waals surface area contributed by atoms with Crippen molar-refractivity contribution in [3.05, 3.63) is 0 Å². The maximum absolute atomic E-state index is 11.9. The van der Waals surface area contributed by atoms with E-state index in [4.69, 9.17) is 9.94 Å². The molecule has 5 nitrogen and oxygen atoms in total. The second-order valence-electron chi connectivity index (χ2n) is 3.99. The van der Waals surface area contributed by atoms with Crippen LogP contribution >= 0.6 is 0 Å². The molecule has 5 heteroatoms. The normalized spacial score (nSPS) is 26.8. The summed E-state index contributed by atoms with van der Waals surface area (Å²) in [6, 6.07) is 0. The van der Waals surface area contributed by atoms with Crippen LogP contribution in [0.2, 0.25) is 0 Å². The molecule has 0 saturated carbocycles.